The molecule has 5 heteroatoms. The van der Waals surface area contributed by atoms with E-state index in [-0.39, 0.29) is 6.04 Å². The molecule has 14 heavy (non-hydrogen) atoms. The summed E-state index contributed by atoms with van der Waals surface area (Å²) in [5, 5.41) is 0. The molecule has 0 aromatic carbocycles. The van der Waals surface area contributed by atoms with Gasteiger partial charge < -0.3 is 10.5 Å². The van der Waals surface area contributed by atoms with Crippen LogP contribution in [0.15, 0.2) is 12.3 Å². The molecule has 0 saturated heterocycles. The molecule has 1 aromatic rings. The minimum absolute atomic E-state index is 0.118. The van der Waals surface area contributed by atoms with E-state index in [1.54, 1.807) is 13.3 Å². The fourth-order valence-corrected chi connectivity index (χ4v) is 1.28. The predicted molar refractivity (Wildman–Crippen MR) is 55.3 cm³/mol. The molecule has 5 N–H and O–H groups in total. The fraction of sp³-hybridized carbons (Fsp3) is 0.444. The zero-order valence-corrected chi connectivity index (χ0v) is 8.45. The number of hydrogen-bond acceptors (Lipinski definition) is 5. The van der Waals surface area contributed by atoms with Crippen molar-refractivity contribution in [3.05, 3.63) is 23.4 Å². The van der Waals surface area contributed by atoms with E-state index in [4.69, 9.17) is 16.3 Å². The molecule has 1 atom stereocenters. The van der Waals surface area contributed by atoms with E-state index in [2.05, 4.69) is 10.4 Å². The summed E-state index contributed by atoms with van der Waals surface area (Å²) in [4.78, 5) is 4.06. The molecule has 0 radical (unpaired) electrons. The Balaban J connectivity index is 2.96. The molecule has 78 valence electrons. The van der Waals surface area contributed by atoms with E-state index in [1.165, 1.54) is 0 Å². The van der Waals surface area contributed by atoms with Crippen LogP contribution < -0.4 is 17.0 Å². The van der Waals surface area contributed by atoms with Crippen molar-refractivity contribution in [2.45, 2.75) is 13.0 Å². The maximum absolute atomic E-state index is 5.73. The first-order valence-electron chi connectivity index (χ1n) is 4.36. The first-order chi connectivity index (χ1) is 6.69. The number of nitrogens with one attached hydrogen (secondary N) is 1. The molecule has 0 fully saturated rings. The van der Waals surface area contributed by atoms with Gasteiger partial charge in [0, 0.05) is 18.9 Å². The Morgan fingerprint density at radius 2 is 2.36 bits per heavy atom. The number of pyridine rings is 1. The summed E-state index contributed by atoms with van der Waals surface area (Å²) in [5.74, 6) is 5.88. The van der Waals surface area contributed by atoms with Crippen LogP contribution in [0.3, 0.4) is 0 Å². The molecule has 1 heterocycles. The summed E-state index contributed by atoms with van der Waals surface area (Å²) in [6.07, 6.45) is 1.72. The zero-order valence-electron chi connectivity index (χ0n) is 8.45. The highest BCUT2D eigenvalue weighted by molar-refractivity contribution is 5.42. The van der Waals surface area contributed by atoms with Crippen molar-refractivity contribution in [2.75, 3.05) is 19.5 Å². The third-order valence-corrected chi connectivity index (χ3v) is 2.00. The van der Waals surface area contributed by atoms with Crippen LogP contribution in [0.4, 0.5) is 5.82 Å². The number of hydrogen-bond donors (Lipinski definition) is 3. The highest BCUT2D eigenvalue weighted by Crippen LogP contribution is 2.18. The van der Waals surface area contributed by atoms with Gasteiger partial charge in [-0.15, -0.1) is 0 Å². The molecule has 1 aromatic heterocycles. The van der Waals surface area contributed by atoms with Crippen LogP contribution in [-0.4, -0.2) is 18.7 Å². The van der Waals surface area contributed by atoms with Gasteiger partial charge in [-0.2, -0.15) is 0 Å². The molecule has 0 spiro atoms. The minimum Gasteiger partial charge on any atom is -0.383 e. The summed E-state index contributed by atoms with van der Waals surface area (Å²) < 4.78 is 5.02. The summed E-state index contributed by atoms with van der Waals surface area (Å²) >= 11 is 0. The van der Waals surface area contributed by atoms with E-state index in [1.807, 2.05) is 13.0 Å². The van der Waals surface area contributed by atoms with Crippen LogP contribution in [0.2, 0.25) is 0 Å². The summed E-state index contributed by atoms with van der Waals surface area (Å²) in [5.41, 5.74) is 10.3. The number of rotatable bonds is 4. The van der Waals surface area contributed by atoms with Crippen LogP contribution in [-0.2, 0) is 4.74 Å². The Hall–Kier alpha value is -1.17. The van der Waals surface area contributed by atoms with Crippen molar-refractivity contribution in [3.63, 3.8) is 0 Å². The number of aryl methyl sites for hydroxylation is 1. The smallest absolute Gasteiger partial charge is 0.128 e. The third kappa shape index (κ3) is 2.41. The molecule has 0 saturated carbocycles. The predicted octanol–water partition coefficient (Wildman–Crippen LogP) is 0.123. The summed E-state index contributed by atoms with van der Waals surface area (Å²) in [6.45, 7) is 2.42. The van der Waals surface area contributed by atoms with Crippen molar-refractivity contribution in [1.29, 1.82) is 0 Å². The second-order valence-corrected chi connectivity index (χ2v) is 3.16. The maximum Gasteiger partial charge on any atom is 0.128 e. The van der Waals surface area contributed by atoms with Crippen LogP contribution in [0, 0.1) is 6.92 Å². The lowest BCUT2D eigenvalue weighted by Gasteiger charge is -2.16. The van der Waals surface area contributed by atoms with Crippen molar-refractivity contribution in [2.24, 2.45) is 5.84 Å². The lowest BCUT2D eigenvalue weighted by Crippen LogP contribution is -2.31. The number of hydrazine groups is 1. The maximum atomic E-state index is 5.73. The van der Waals surface area contributed by atoms with Gasteiger partial charge in [-0.05, 0) is 18.6 Å². The molecular formula is C9H16N4O. The Kier molecular flexibility index (Phi) is 3.82. The molecule has 0 aliphatic rings. The number of nitrogen functional groups attached to an aromatic ring is 1. The fourth-order valence-electron chi connectivity index (χ4n) is 1.28. The monoisotopic (exact) mass is 196 g/mol. The second-order valence-electron chi connectivity index (χ2n) is 3.16. The number of nitrogens with two attached hydrogens (primary N) is 2. The lowest BCUT2D eigenvalue weighted by molar-refractivity contribution is 0.167. The topological polar surface area (TPSA) is 86.2 Å². The van der Waals surface area contributed by atoms with Gasteiger partial charge in [0.25, 0.3) is 0 Å². The van der Waals surface area contributed by atoms with Crippen LogP contribution in [0.25, 0.3) is 0 Å². The van der Waals surface area contributed by atoms with Crippen LogP contribution >= 0.6 is 0 Å². The van der Waals surface area contributed by atoms with Gasteiger partial charge >= 0.3 is 0 Å². The number of methoxy groups -OCH3 is 1. The Morgan fingerprint density at radius 3 is 2.93 bits per heavy atom. The highest BCUT2D eigenvalue weighted by Gasteiger charge is 2.13. The van der Waals surface area contributed by atoms with Gasteiger partial charge in [0.1, 0.15) is 5.82 Å². The van der Waals surface area contributed by atoms with Crippen LogP contribution in [0.5, 0.6) is 0 Å². The number of aromatic nitrogens is 1. The molecule has 0 bridgehead atoms. The van der Waals surface area contributed by atoms with E-state index in [9.17, 15) is 0 Å². The van der Waals surface area contributed by atoms with Gasteiger partial charge in [0.15, 0.2) is 0 Å². The molecular weight excluding hydrogens is 180 g/mol. The molecule has 0 aliphatic carbocycles. The first-order valence-corrected chi connectivity index (χ1v) is 4.36. The first kappa shape index (κ1) is 10.9. The van der Waals surface area contributed by atoms with Gasteiger partial charge in [-0.1, -0.05) is 0 Å². The Labute approximate surface area is 83.4 Å². The van der Waals surface area contributed by atoms with Gasteiger partial charge in [-0.3, -0.25) is 11.3 Å². The van der Waals surface area contributed by atoms with Crippen molar-refractivity contribution < 1.29 is 4.74 Å². The van der Waals surface area contributed by atoms with Crippen molar-refractivity contribution >= 4 is 5.82 Å². The molecule has 0 amide bonds. The number of nitrogens with zero attached hydrogens (tertiary/aromatic N) is 1. The standard InChI is InChI=1S/C9H16N4O/c1-6-3-7(9(10)12-4-6)8(13-11)5-14-2/h3-4,8,13H,5,11H2,1-2H3,(H2,10,12). The van der Waals surface area contributed by atoms with Gasteiger partial charge in [0.2, 0.25) is 0 Å². The number of ether oxygens (including phenoxy) is 1. The number of anilines is 1. The van der Waals surface area contributed by atoms with E-state index in [0.29, 0.717) is 12.4 Å². The minimum atomic E-state index is -0.118. The zero-order chi connectivity index (χ0) is 10.6. The molecule has 1 rings (SSSR count). The average Bonchev–Trinajstić information content (AvgIpc) is 2.18. The highest BCUT2D eigenvalue weighted by atomic mass is 16.5. The molecule has 0 aliphatic heterocycles. The normalized spacial score (nSPS) is 12.8. The summed E-state index contributed by atoms with van der Waals surface area (Å²) in [7, 11) is 1.61. The van der Waals surface area contributed by atoms with Gasteiger partial charge in [0.05, 0.1) is 12.6 Å². The average molecular weight is 196 g/mol. The molecule has 5 nitrogen and oxygen atoms in total. The second kappa shape index (κ2) is 4.90. The lowest BCUT2D eigenvalue weighted by atomic mass is 10.1. The quantitative estimate of drug-likeness (QED) is 0.470. The van der Waals surface area contributed by atoms with E-state index < -0.39 is 0 Å². The largest absolute Gasteiger partial charge is 0.383 e. The Morgan fingerprint density at radius 1 is 1.64 bits per heavy atom. The van der Waals surface area contributed by atoms with Crippen LogP contribution in [0.1, 0.15) is 17.2 Å². The van der Waals surface area contributed by atoms with Gasteiger partial charge in [-0.25, -0.2) is 4.98 Å². The molecule has 1 unspecified atom stereocenters. The Bertz CT molecular complexity index is 303. The SMILES string of the molecule is COCC(NN)c1cc(C)cnc1N. The summed E-state index contributed by atoms with van der Waals surface area (Å²) in [6, 6.07) is 1.83. The van der Waals surface area contributed by atoms with Crippen molar-refractivity contribution in [1.82, 2.24) is 10.4 Å². The van der Waals surface area contributed by atoms with E-state index in [0.717, 1.165) is 11.1 Å². The van der Waals surface area contributed by atoms with Crippen molar-refractivity contribution in [3.8, 4) is 0 Å². The van der Waals surface area contributed by atoms with E-state index >= 15 is 0 Å². The third-order valence-electron chi connectivity index (χ3n) is 2.00.